The number of nitrogens with zero attached hydrogens (tertiary/aromatic N) is 2. The topological polar surface area (TPSA) is 79.0 Å². The third-order valence-electron chi connectivity index (χ3n) is 5.09. The number of anilines is 1. The average Bonchev–Trinajstić information content (AvgIpc) is 2.73. The third kappa shape index (κ3) is 4.61. The number of amides is 3. The summed E-state index contributed by atoms with van der Waals surface area (Å²) in [6, 6.07) is 6.04. The normalized spacial score (nSPS) is 21.2. The number of methoxy groups -OCH3 is 1. The molecule has 1 fully saturated rings. The third-order valence-corrected chi connectivity index (χ3v) is 5.09. The standard InChI is InChI=1S/C20H23F2N3O4/c1-29-10-9-24(12-17(21)22)19(27)13-5-4-6-14(11-13)25-20(28)16-8-3-2-7-15(16)18(26)23-25/h2-6,11,15-17H,7-10,12H2,1H3,(H,23,26). The fourth-order valence-electron chi connectivity index (χ4n) is 3.59. The maximum atomic E-state index is 12.9. The summed E-state index contributed by atoms with van der Waals surface area (Å²) in [4.78, 5) is 39.0. The van der Waals surface area contributed by atoms with Gasteiger partial charge in [0.1, 0.15) is 0 Å². The Morgan fingerprint density at radius 3 is 2.69 bits per heavy atom. The molecule has 1 heterocycles. The number of fused-ring (bicyclic) bond motifs is 1. The smallest absolute Gasteiger partial charge is 0.255 e. The molecule has 0 radical (unpaired) electrons. The maximum Gasteiger partial charge on any atom is 0.255 e. The van der Waals surface area contributed by atoms with Crippen LogP contribution in [0.4, 0.5) is 14.5 Å². The molecule has 1 aliphatic heterocycles. The van der Waals surface area contributed by atoms with E-state index in [1.165, 1.54) is 19.2 Å². The number of hydrogen-bond donors (Lipinski definition) is 1. The molecule has 156 valence electrons. The van der Waals surface area contributed by atoms with Crippen molar-refractivity contribution in [2.45, 2.75) is 19.3 Å². The zero-order chi connectivity index (χ0) is 21.0. The number of nitrogens with one attached hydrogen (secondary N) is 1. The highest BCUT2D eigenvalue weighted by Crippen LogP contribution is 2.32. The van der Waals surface area contributed by atoms with E-state index in [4.69, 9.17) is 4.74 Å². The zero-order valence-corrected chi connectivity index (χ0v) is 16.0. The van der Waals surface area contributed by atoms with E-state index in [9.17, 15) is 23.2 Å². The van der Waals surface area contributed by atoms with Crippen molar-refractivity contribution in [3.63, 3.8) is 0 Å². The first-order valence-electron chi connectivity index (χ1n) is 9.38. The van der Waals surface area contributed by atoms with Gasteiger partial charge in [-0.1, -0.05) is 18.2 Å². The lowest BCUT2D eigenvalue weighted by molar-refractivity contribution is -0.139. The van der Waals surface area contributed by atoms with Crippen LogP contribution in [0.3, 0.4) is 0 Å². The van der Waals surface area contributed by atoms with E-state index in [1.54, 1.807) is 12.1 Å². The van der Waals surface area contributed by atoms with Gasteiger partial charge in [0.05, 0.1) is 30.7 Å². The molecule has 1 saturated heterocycles. The molecule has 2 aliphatic rings. The number of allylic oxidation sites excluding steroid dienone is 2. The summed E-state index contributed by atoms with van der Waals surface area (Å²) in [6.07, 6.45) is 2.08. The van der Waals surface area contributed by atoms with Crippen LogP contribution in [-0.2, 0) is 14.3 Å². The van der Waals surface area contributed by atoms with Gasteiger partial charge in [-0.3, -0.25) is 19.8 Å². The van der Waals surface area contributed by atoms with Crippen LogP contribution < -0.4 is 10.4 Å². The fourth-order valence-corrected chi connectivity index (χ4v) is 3.59. The molecular weight excluding hydrogens is 384 g/mol. The van der Waals surface area contributed by atoms with Crippen LogP contribution in [0.5, 0.6) is 0 Å². The predicted octanol–water partition coefficient (Wildman–Crippen LogP) is 2.00. The quantitative estimate of drug-likeness (QED) is 0.702. The molecule has 3 amide bonds. The molecule has 1 aromatic rings. The van der Waals surface area contributed by atoms with E-state index in [2.05, 4.69) is 5.43 Å². The molecule has 0 spiro atoms. The molecule has 3 rings (SSSR count). The molecule has 0 aromatic heterocycles. The average molecular weight is 407 g/mol. The van der Waals surface area contributed by atoms with Crippen molar-refractivity contribution in [3.05, 3.63) is 42.0 Å². The number of hydrogen-bond acceptors (Lipinski definition) is 4. The second kappa shape index (κ2) is 9.13. The Morgan fingerprint density at radius 1 is 1.28 bits per heavy atom. The monoisotopic (exact) mass is 407 g/mol. The first-order chi connectivity index (χ1) is 13.9. The van der Waals surface area contributed by atoms with E-state index in [0.29, 0.717) is 18.5 Å². The molecule has 2 atom stereocenters. The minimum Gasteiger partial charge on any atom is -0.383 e. The van der Waals surface area contributed by atoms with Crippen molar-refractivity contribution in [3.8, 4) is 0 Å². The van der Waals surface area contributed by atoms with Gasteiger partial charge < -0.3 is 9.64 Å². The van der Waals surface area contributed by atoms with Crippen LogP contribution in [0.2, 0.25) is 0 Å². The minimum absolute atomic E-state index is 0.0133. The second-order valence-electron chi connectivity index (χ2n) is 6.99. The van der Waals surface area contributed by atoms with E-state index in [0.717, 1.165) is 9.91 Å². The van der Waals surface area contributed by atoms with Gasteiger partial charge in [0, 0.05) is 19.2 Å². The summed E-state index contributed by atoms with van der Waals surface area (Å²) in [7, 11) is 1.42. The Bertz CT molecular complexity index is 815. The summed E-state index contributed by atoms with van der Waals surface area (Å²) >= 11 is 0. The van der Waals surface area contributed by atoms with Gasteiger partial charge in [-0.15, -0.1) is 0 Å². The molecule has 1 aromatic carbocycles. The highest BCUT2D eigenvalue weighted by atomic mass is 19.3. The largest absolute Gasteiger partial charge is 0.383 e. The number of carbonyl (C=O) groups excluding carboxylic acids is 3. The van der Waals surface area contributed by atoms with Gasteiger partial charge in [0.2, 0.25) is 11.8 Å². The lowest BCUT2D eigenvalue weighted by Gasteiger charge is -2.38. The van der Waals surface area contributed by atoms with Crippen LogP contribution in [0, 0.1) is 11.8 Å². The van der Waals surface area contributed by atoms with Crippen molar-refractivity contribution in [2.24, 2.45) is 11.8 Å². The number of rotatable bonds is 7. The Labute approximate surface area is 167 Å². The van der Waals surface area contributed by atoms with Crippen LogP contribution >= 0.6 is 0 Å². The minimum atomic E-state index is -2.68. The molecular formula is C20H23F2N3O4. The van der Waals surface area contributed by atoms with Crippen molar-refractivity contribution in [1.29, 1.82) is 0 Å². The van der Waals surface area contributed by atoms with Gasteiger partial charge in [-0.05, 0) is 31.0 Å². The number of benzene rings is 1. The van der Waals surface area contributed by atoms with Crippen LogP contribution in [0.25, 0.3) is 0 Å². The summed E-state index contributed by atoms with van der Waals surface area (Å²) in [5, 5.41) is 1.14. The number of alkyl halides is 2. The first-order valence-corrected chi connectivity index (χ1v) is 9.38. The molecule has 0 bridgehead atoms. The molecule has 0 saturated carbocycles. The van der Waals surface area contributed by atoms with E-state index in [-0.39, 0.29) is 30.5 Å². The SMILES string of the molecule is COCCN(CC(F)F)C(=O)c1cccc(N2NC(=O)C3CC=CCC3C2=O)c1. The van der Waals surface area contributed by atoms with Gasteiger partial charge >= 0.3 is 0 Å². The van der Waals surface area contributed by atoms with Crippen molar-refractivity contribution in [2.75, 3.05) is 31.8 Å². The first kappa shape index (κ1) is 20.9. The Kier molecular flexibility index (Phi) is 6.58. The van der Waals surface area contributed by atoms with E-state index < -0.39 is 30.7 Å². The Hall–Kier alpha value is -2.81. The molecule has 1 N–H and O–H groups in total. The zero-order valence-electron chi connectivity index (χ0n) is 16.0. The number of ether oxygens (including phenoxy) is 1. The summed E-state index contributed by atoms with van der Waals surface area (Å²) in [5.74, 6) is -1.96. The lowest BCUT2D eigenvalue weighted by Crippen LogP contribution is -2.59. The molecule has 9 heteroatoms. The summed E-state index contributed by atoms with van der Waals surface area (Å²) in [5.41, 5.74) is 3.05. The number of hydrazine groups is 1. The molecule has 29 heavy (non-hydrogen) atoms. The second-order valence-corrected chi connectivity index (χ2v) is 6.99. The van der Waals surface area contributed by atoms with Gasteiger partial charge in [0.25, 0.3) is 12.3 Å². The van der Waals surface area contributed by atoms with Crippen LogP contribution in [0.1, 0.15) is 23.2 Å². The van der Waals surface area contributed by atoms with Crippen molar-refractivity contribution in [1.82, 2.24) is 10.3 Å². The van der Waals surface area contributed by atoms with Gasteiger partial charge in [-0.25, -0.2) is 13.8 Å². The van der Waals surface area contributed by atoms with Crippen LogP contribution in [0.15, 0.2) is 36.4 Å². The fraction of sp³-hybridized carbons (Fsp3) is 0.450. The van der Waals surface area contributed by atoms with Crippen molar-refractivity contribution >= 4 is 23.4 Å². The Balaban J connectivity index is 1.83. The predicted molar refractivity (Wildman–Crippen MR) is 101 cm³/mol. The molecule has 2 unspecified atom stereocenters. The summed E-state index contributed by atoms with van der Waals surface area (Å²) < 4.78 is 30.6. The Morgan fingerprint density at radius 2 is 2.00 bits per heavy atom. The molecule has 7 nitrogen and oxygen atoms in total. The van der Waals surface area contributed by atoms with Gasteiger partial charge in [-0.2, -0.15) is 0 Å². The van der Waals surface area contributed by atoms with Crippen molar-refractivity contribution < 1.29 is 27.9 Å². The lowest BCUT2D eigenvalue weighted by atomic mass is 9.80. The van der Waals surface area contributed by atoms with E-state index in [1.807, 2.05) is 12.2 Å². The maximum absolute atomic E-state index is 12.9. The van der Waals surface area contributed by atoms with E-state index >= 15 is 0 Å². The number of halogens is 2. The summed E-state index contributed by atoms with van der Waals surface area (Å²) in [6.45, 7) is -0.587. The van der Waals surface area contributed by atoms with Gasteiger partial charge in [0.15, 0.2) is 0 Å². The molecule has 1 aliphatic carbocycles. The van der Waals surface area contributed by atoms with Crippen LogP contribution in [-0.4, -0.2) is 55.9 Å². The number of carbonyl (C=O) groups is 3. The highest BCUT2D eigenvalue weighted by Gasteiger charge is 2.42. The highest BCUT2D eigenvalue weighted by molar-refractivity contribution is 6.05.